The molecule has 0 aliphatic heterocycles. The average molecular weight is 194 g/mol. The number of hydrogen-bond donors (Lipinski definition) is 1. The molecule has 0 bridgehead atoms. The van der Waals surface area contributed by atoms with Crippen LogP contribution >= 0.6 is 0 Å². The Morgan fingerprint density at radius 3 is 2.43 bits per heavy atom. The second kappa shape index (κ2) is 3.65. The van der Waals surface area contributed by atoms with Gasteiger partial charge in [0.1, 0.15) is 0 Å². The number of aryl methyl sites for hydroxylation is 2. The van der Waals surface area contributed by atoms with Gasteiger partial charge in [0.05, 0.1) is 5.69 Å². The summed E-state index contributed by atoms with van der Waals surface area (Å²) < 4.78 is 1.75. The van der Waals surface area contributed by atoms with Crippen molar-refractivity contribution < 1.29 is 9.90 Å². The molecule has 1 heterocycles. The number of hydrogen-bond acceptors (Lipinski definition) is 2. The SMILES string of the molecule is C/C(=C\c1c(C)nn(C)c1C)C(=O)O. The fraction of sp³-hybridized carbons (Fsp3) is 0.400. The first-order chi connectivity index (χ1) is 6.43. The van der Waals surface area contributed by atoms with Crippen LogP contribution in [0.25, 0.3) is 6.08 Å². The number of nitrogens with zero attached hydrogens (tertiary/aromatic N) is 2. The number of rotatable bonds is 2. The van der Waals surface area contributed by atoms with Crippen molar-refractivity contribution in [3.63, 3.8) is 0 Å². The maximum atomic E-state index is 10.6. The van der Waals surface area contributed by atoms with Crippen LogP contribution in [-0.2, 0) is 11.8 Å². The fourth-order valence-corrected chi connectivity index (χ4v) is 1.28. The molecule has 14 heavy (non-hydrogen) atoms. The molecule has 4 heteroatoms. The quantitative estimate of drug-likeness (QED) is 0.726. The van der Waals surface area contributed by atoms with Gasteiger partial charge in [-0.1, -0.05) is 0 Å². The van der Waals surface area contributed by atoms with Crippen molar-refractivity contribution in [2.45, 2.75) is 20.8 Å². The van der Waals surface area contributed by atoms with Crippen LogP contribution in [0.4, 0.5) is 0 Å². The van der Waals surface area contributed by atoms with Crippen molar-refractivity contribution in [1.29, 1.82) is 0 Å². The molecule has 0 radical (unpaired) electrons. The predicted molar refractivity (Wildman–Crippen MR) is 54.0 cm³/mol. The lowest BCUT2D eigenvalue weighted by molar-refractivity contribution is -0.132. The van der Waals surface area contributed by atoms with Crippen molar-refractivity contribution in [3.8, 4) is 0 Å². The van der Waals surface area contributed by atoms with Gasteiger partial charge in [-0.05, 0) is 26.8 Å². The van der Waals surface area contributed by atoms with E-state index < -0.39 is 5.97 Å². The van der Waals surface area contributed by atoms with Crippen molar-refractivity contribution in [1.82, 2.24) is 9.78 Å². The van der Waals surface area contributed by atoms with Crippen molar-refractivity contribution >= 4 is 12.0 Å². The zero-order valence-corrected chi connectivity index (χ0v) is 8.83. The molecular formula is C10H14N2O2. The lowest BCUT2D eigenvalue weighted by Gasteiger charge is -1.96. The van der Waals surface area contributed by atoms with Gasteiger partial charge in [-0.25, -0.2) is 4.79 Å². The number of carboxylic acids is 1. The van der Waals surface area contributed by atoms with E-state index in [0.29, 0.717) is 5.57 Å². The molecule has 0 saturated heterocycles. The summed E-state index contributed by atoms with van der Waals surface area (Å²) in [6.45, 7) is 5.36. The van der Waals surface area contributed by atoms with E-state index in [-0.39, 0.29) is 0 Å². The van der Waals surface area contributed by atoms with E-state index in [0.717, 1.165) is 17.0 Å². The van der Waals surface area contributed by atoms with E-state index in [1.54, 1.807) is 17.7 Å². The highest BCUT2D eigenvalue weighted by atomic mass is 16.4. The van der Waals surface area contributed by atoms with Crippen LogP contribution in [0.3, 0.4) is 0 Å². The zero-order chi connectivity index (χ0) is 10.9. The van der Waals surface area contributed by atoms with Gasteiger partial charge in [0, 0.05) is 23.9 Å². The van der Waals surface area contributed by atoms with Gasteiger partial charge in [0.15, 0.2) is 0 Å². The predicted octanol–water partition coefficient (Wildman–Crippen LogP) is 1.52. The average Bonchev–Trinajstić information content (AvgIpc) is 2.32. The molecule has 1 rings (SSSR count). The van der Waals surface area contributed by atoms with Gasteiger partial charge in [-0.3, -0.25) is 4.68 Å². The van der Waals surface area contributed by atoms with Crippen LogP contribution < -0.4 is 0 Å². The van der Waals surface area contributed by atoms with E-state index in [1.807, 2.05) is 20.9 Å². The van der Waals surface area contributed by atoms with Crippen LogP contribution in [0, 0.1) is 13.8 Å². The molecule has 4 nitrogen and oxygen atoms in total. The summed E-state index contributed by atoms with van der Waals surface area (Å²) in [5.41, 5.74) is 3.05. The van der Waals surface area contributed by atoms with Crippen molar-refractivity contribution in [2.75, 3.05) is 0 Å². The van der Waals surface area contributed by atoms with Gasteiger partial charge in [-0.2, -0.15) is 5.10 Å². The van der Waals surface area contributed by atoms with E-state index in [1.165, 1.54) is 0 Å². The van der Waals surface area contributed by atoms with Gasteiger partial charge in [-0.15, -0.1) is 0 Å². The minimum Gasteiger partial charge on any atom is -0.478 e. The molecule has 0 saturated carbocycles. The summed E-state index contributed by atoms with van der Waals surface area (Å²) in [4.78, 5) is 10.6. The molecule has 1 aromatic rings. The van der Waals surface area contributed by atoms with Gasteiger partial charge >= 0.3 is 5.97 Å². The fourth-order valence-electron chi connectivity index (χ4n) is 1.28. The zero-order valence-electron chi connectivity index (χ0n) is 8.83. The van der Waals surface area contributed by atoms with E-state index in [2.05, 4.69) is 5.10 Å². The maximum absolute atomic E-state index is 10.6. The highest BCUT2D eigenvalue weighted by molar-refractivity contribution is 5.91. The molecule has 0 amide bonds. The van der Waals surface area contributed by atoms with Crippen LogP contribution in [0.15, 0.2) is 5.57 Å². The van der Waals surface area contributed by atoms with E-state index >= 15 is 0 Å². The van der Waals surface area contributed by atoms with Gasteiger partial charge in [0.2, 0.25) is 0 Å². The third kappa shape index (κ3) is 1.84. The topological polar surface area (TPSA) is 55.1 Å². The third-order valence-electron chi connectivity index (χ3n) is 2.26. The lowest BCUT2D eigenvalue weighted by atomic mass is 10.1. The van der Waals surface area contributed by atoms with Crippen molar-refractivity contribution in [2.24, 2.45) is 7.05 Å². The molecule has 1 N–H and O–H groups in total. The molecule has 1 aromatic heterocycles. The number of carboxylic acid groups (broad SMARTS) is 1. The van der Waals surface area contributed by atoms with Crippen LogP contribution in [-0.4, -0.2) is 20.9 Å². The maximum Gasteiger partial charge on any atom is 0.331 e. The van der Waals surface area contributed by atoms with Crippen LogP contribution in [0.1, 0.15) is 23.9 Å². The summed E-state index contributed by atoms with van der Waals surface area (Å²) in [6, 6.07) is 0. The third-order valence-corrected chi connectivity index (χ3v) is 2.26. The first-order valence-corrected chi connectivity index (χ1v) is 4.35. The second-order valence-electron chi connectivity index (χ2n) is 3.34. The Labute approximate surface area is 82.9 Å². The van der Waals surface area contributed by atoms with E-state index in [9.17, 15) is 4.79 Å². The summed E-state index contributed by atoms with van der Waals surface area (Å²) in [6.07, 6.45) is 1.65. The number of aliphatic carboxylic acids is 1. The lowest BCUT2D eigenvalue weighted by Crippen LogP contribution is -1.96. The molecule has 0 fully saturated rings. The molecular weight excluding hydrogens is 180 g/mol. The number of aromatic nitrogens is 2. The molecule has 0 unspecified atom stereocenters. The Kier molecular flexibility index (Phi) is 2.74. The first-order valence-electron chi connectivity index (χ1n) is 4.35. The molecule has 76 valence electrons. The molecule has 0 aliphatic carbocycles. The Hall–Kier alpha value is -1.58. The molecule has 0 atom stereocenters. The summed E-state index contributed by atoms with van der Waals surface area (Å²) in [5, 5.41) is 12.9. The van der Waals surface area contributed by atoms with Gasteiger partial charge < -0.3 is 5.11 Å². The van der Waals surface area contributed by atoms with Crippen molar-refractivity contribution in [3.05, 3.63) is 22.5 Å². The highest BCUT2D eigenvalue weighted by Gasteiger charge is 2.08. The summed E-state index contributed by atoms with van der Waals surface area (Å²) >= 11 is 0. The normalized spacial score (nSPS) is 11.9. The smallest absolute Gasteiger partial charge is 0.331 e. The molecule has 0 aromatic carbocycles. The minimum absolute atomic E-state index is 0.323. The Bertz CT molecular complexity index is 402. The van der Waals surface area contributed by atoms with Gasteiger partial charge in [0.25, 0.3) is 0 Å². The summed E-state index contributed by atoms with van der Waals surface area (Å²) in [7, 11) is 1.84. The molecule has 0 spiro atoms. The standard InChI is InChI=1S/C10H14N2O2/c1-6(10(13)14)5-9-7(2)11-12(4)8(9)3/h5H,1-4H3,(H,13,14)/b6-5+. The molecule has 0 aliphatic rings. The largest absolute Gasteiger partial charge is 0.478 e. The van der Waals surface area contributed by atoms with Crippen LogP contribution in [0.5, 0.6) is 0 Å². The Balaban J connectivity index is 3.20. The number of carbonyl (C=O) groups is 1. The Morgan fingerprint density at radius 1 is 1.50 bits per heavy atom. The second-order valence-corrected chi connectivity index (χ2v) is 3.34. The minimum atomic E-state index is -0.896. The first kappa shape index (κ1) is 10.5. The van der Waals surface area contributed by atoms with Crippen LogP contribution in [0.2, 0.25) is 0 Å². The highest BCUT2D eigenvalue weighted by Crippen LogP contribution is 2.15. The summed E-state index contributed by atoms with van der Waals surface area (Å²) in [5.74, 6) is -0.896. The monoisotopic (exact) mass is 194 g/mol. The Morgan fingerprint density at radius 2 is 2.07 bits per heavy atom. The van der Waals surface area contributed by atoms with E-state index in [4.69, 9.17) is 5.11 Å².